The number of rotatable bonds is 2. The van der Waals surface area contributed by atoms with Crippen LogP contribution in [-0.4, -0.2) is 19.1 Å². The maximum Gasteiger partial charge on any atom is 0.268 e. The first kappa shape index (κ1) is 16.6. The molecule has 1 amide bonds. The molecule has 0 bridgehead atoms. The number of carbonyl (C=O) groups is 1. The highest BCUT2D eigenvalue weighted by atomic mass is 35.5. The Hall–Kier alpha value is -2.27. The van der Waals surface area contributed by atoms with Crippen molar-refractivity contribution >= 4 is 23.2 Å². The van der Waals surface area contributed by atoms with Crippen LogP contribution < -0.4 is 14.4 Å². The van der Waals surface area contributed by atoms with E-state index in [1.807, 2.05) is 0 Å². The van der Waals surface area contributed by atoms with Crippen molar-refractivity contribution in [2.45, 2.75) is 26.5 Å². The first-order valence-electron chi connectivity index (χ1n) is 7.52. The topological polar surface area (TPSA) is 38.8 Å². The van der Waals surface area contributed by atoms with Crippen LogP contribution in [0.2, 0.25) is 5.02 Å². The number of ether oxygens (including phenoxy) is 2. The van der Waals surface area contributed by atoms with Crippen molar-refractivity contribution in [3.8, 4) is 11.5 Å². The molecule has 2 aromatic carbocycles. The van der Waals surface area contributed by atoms with Crippen molar-refractivity contribution in [3.63, 3.8) is 0 Å². The number of benzene rings is 2. The molecule has 1 unspecified atom stereocenters. The van der Waals surface area contributed by atoms with Crippen LogP contribution in [0.3, 0.4) is 0 Å². The second-order valence-corrected chi connectivity index (χ2v) is 6.10. The highest BCUT2D eigenvalue weighted by molar-refractivity contribution is 6.30. The minimum atomic E-state index is -0.732. The van der Waals surface area contributed by atoms with Gasteiger partial charge in [0.2, 0.25) is 0 Å². The second kappa shape index (κ2) is 6.32. The van der Waals surface area contributed by atoms with Gasteiger partial charge in [-0.2, -0.15) is 0 Å². The first-order valence-corrected chi connectivity index (χ1v) is 7.89. The predicted octanol–water partition coefficient (Wildman–Crippen LogP) is 4.11. The molecule has 0 spiro atoms. The molecular formula is C18H17ClFNO3. The summed E-state index contributed by atoms with van der Waals surface area (Å²) in [6, 6.07) is 8.04. The van der Waals surface area contributed by atoms with Gasteiger partial charge in [-0.15, -0.1) is 0 Å². The van der Waals surface area contributed by atoms with Gasteiger partial charge in [0, 0.05) is 27.9 Å². The standard InChI is InChI=1S/C18H17ClFNO3/c1-10-14(20)5-4-6-15(10)21-9-12-7-13(19)8-16(23-3)17(12)24-11(2)18(21)22/h4-8,11H,9H2,1-3H3. The molecular weight excluding hydrogens is 333 g/mol. The Balaban J connectivity index is 2.14. The van der Waals surface area contributed by atoms with E-state index in [0.29, 0.717) is 33.3 Å². The fraction of sp³-hybridized carbons (Fsp3) is 0.278. The summed E-state index contributed by atoms with van der Waals surface area (Å²) in [6.07, 6.45) is -0.732. The average molecular weight is 350 g/mol. The Morgan fingerprint density at radius 1 is 1.38 bits per heavy atom. The number of carbonyl (C=O) groups excluding carboxylic acids is 1. The molecule has 3 rings (SSSR count). The lowest BCUT2D eigenvalue weighted by molar-refractivity contribution is -0.124. The number of methoxy groups -OCH3 is 1. The molecule has 1 heterocycles. The molecule has 0 radical (unpaired) electrons. The third-order valence-corrected chi connectivity index (χ3v) is 4.30. The van der Waals surface area contributed by atoms with Crippen LogP contribution >= 0.6 is 11.6 Å². The van der Waals surface area contributed by atoms with Gasteiger partial charge in [0.1, 0.15) is 5.82 Å². The molecule has 4 nitrogen and oxygen atoms in total. The molecule has 126 valence electrons. The van der Waals surface area contributed by atoms with E-state index in [1.54, 1.807) is 38.1 Å². The van der Waals surface area contributed by atoms with Crippen LogP contribution in [0.1, 0.15) is 18.1 Å². The smallest absolute Gasteiger partial charge is 0.268 e. The van der Waals surface area contributed by atoms with Crippen LogP contribution in [0.25, 0.3) is 0 Å². The van der Waals surface area contributed by atoms with E-state index in [4.69, 9.17) is 21.1 Å². The fourth-order valence-corrected chi connectivity index (χ4v) is 3.04. The maximum atomic E-state index is 13.9. The predicted molar refractivity (Wildman–Crippen MR) is 90.4 cm³/mol. The number of anilines is 1. The van der Waals surface area contributed by atoms with Crippen molar-refractivity contribution in [1.82, 2.24) is 0 Å². The van der Waals surface area contributed by atoms with Gasteiger partial charge in [-0.25, -0.2) is 4.39 Å². The van der Waals surface area contributed by atoms with E-state index in [0.717, 1.165) is 0 Å². The highest BCUT2D eigenvalue weighted by Crippen LogP contribution is 2.39. The van der Waals surface area contributed by atoms with E-state index in [1.165, 1.54) is 18.1 Å². The van der Waals surface area contributed by atoms with E-state index >= 15 is 0 Å². The third kappa shape index (κ3) is 2.80. The minimum Gasteiger partial charge on any atom is -0.493 e. The van der Waals surface area contributed by atoms with Gasteiger partial charge in [0.05, 0.1) is 13.7 Å². The molecule has 0 N–H and O–H groups in total. The quantitative estimate of drug-likeness (QED) is 0.819. The zero-order valence-electron chi connectivity index (χ0n) is 13.6. The Labute approximate surface area is 144 Å². The van der Waals surface area contributed by atoms with Gasteiger partial charge < -0.3 is 14.4 Å². The summed E-state index contributed by atoms with van der Waals surface area (Å²) >= 11 is 6.14. The van der Waals surface area contributed by atoms with Crippen molar-refractivity contribution < 1.29 is 18.7 Å². The van der Waals surface area contributed by atoms with Gasteiger partial charge in [-0.05, 0) is 32.0 Å². The zero-order chi connectivity index (χ0) is 17.4. The van der Waals surface area contributed by atoms with E-state index in [9.17, 15) is 9.18 Å². The van der Waals surface area contributed by atoms with Gasteiger partial charge in [-0.3, -0.25) is 4.79 Å². The number of hydrogen-bond acceptors (Lipinski definition) is 3. The van der Waals surface area contributed by atoms with Gasteiger partial charge in [0.15, 0.2) is 17.6 Å². The molecule has 0 aromatic heterocycles. The van der Waals surface area contributed by atoms with Crippen molar-refractivity contribution in [3.05, 3.63) is 52.3 Å². The maximum absolute atomic E-state index is 13.9. The molecule has 1 atom stereocenters. The molecule has 2 aromatic rings. The molecule has 6 heteroatoms. The number of amides is 1. The number of hydrogen-bond donors (Lipinski definition) is 0. The molecule has 1 aliphatic rings. The molecule has 1 aliphatic heterocycles. The van der Waals surface area contributed by atoms with Crippen molar-refractivity contribution in [2.75, 3.05) is 12.0 Å². The van der Waals surface area contributed by atoms with E-state index in [-0.39, 0.29) is 18.3 Å². The van der Waals surface area contributed by atoms with Gasteiger partial charge >= 0.3 is 0 Å². The normalized spacial score (nSPS) is 17.1. The summed E-state index contributed by atoms with van der Waals surface area (Å²) < 4.78 is 25.0. The largest absolute Gasteiger partial charge is 0.493 e. The first-order chi connectivity index (χ1) is 11.4. The number of halogens is 2. The van der Waals surface area contributed by atoms with Gasteiger partial charge in [0.25, 0.3) is 5.91 Å². The monoisotopic (exact) mass is 349 g/mol. The molecule has 0 aliphatic carbocycles. The van der Waals surface area contributed by atoms with Crippen LogP contribution in [0, 0.1) is 12.7 Å². The summed E-state index contributed by atoms with van der Waals surface area (Å²) in [4.78, 5) is 14.3. The molecule has 0 fully saturated rings. The molecule has 24 heavy (non-hydrogen) atoms. The van der Waals surface area contributed by atoms with Crippen LogP contribution in [0.15, 0.2) is 30.3 Å². The van der Waals surface area contributed by atoms with Gasteiger partial charge in [-0.1, -0.05) is 17.7 Å². The van der Waals surface area contributed by atoms with Crippen LogP contribution in [0.5, 0.6) is 11.5 Å². The summed E-state index contributed by atoms with van der Waals surface area (Å²) in [5, 5.41) is 0.479. The average Bonchev–Trinajstić information content (AvgIpc) is 2.67. The summed E-state index contributed by atoms with van der Waals surface area (Å²) in [5.41, 5.74) is 1.64. The zero-order valence-corrected chi connectivity index (χ0v) is 14.4. The second-order valence-electron chi connectivity index (χ2n) is 5.66. The Morgan fingerprint density at radius 3 is 2.83 bits per heavy atom. The Kier molecular flexibility index (Phi) is 4.37. The lowest BCUT2D eigenvalue weighted by Crippen LogP contribution is -2.38. The SMILES string of the molecule is COc1cc(Cl)cc2c1OC(C)C(=O)N(c1cccc(F)c1C)C2. The van der Waals surface area contributed by atoms with Crippen LogP contribution in [0.4, 0.5) is 10.1 Å². The lowest BCUT2D eigenvalue weighted by atomic mass is 10.1. The molecule has 0 saturated carbocycles. The lowest BCUT2D eigenvalue weighted by Gasteiger charge is -2.24. The summed E-state index contributed by atoms with van der Waals surface area (Å²) in [5.74, 6) is 0.342. The number of fused-ring (bicyclic) bond motifs is 1. The third-order valence-electron chi connectivity index (χ3n) is 4.08. The van der Waals surface area contributed by atoms with Crippen LogP contribution in [-0.2, 0) is 11.3 Å². The number of nitrogens with zero attached hydrogens (tertiary/aromatic N) is 1. The van der Waals surface area contributed by atoms with E-state index in [2.05, 4.69) is 0 Å². The minimum absolute atomic E-state index is 0.222. The van der Waals surface area contributed by atoms with Crippen molar-refractivity contribution in [1.29, 1.82) is 0 Å². The Morgan fingerprint density at radius 2 is 2.12 bits per heavy atom. The van der Waals surface area contributed by atoms with E-state index < -0.39 is 6.10 Å². The molecule has 0 saturated heterocycles. The summed E-state index contributed by atoms with van der Waals surface area (Å²) in [7, 11) is 1.52. The Bertz CT molecular complexity index is 809. The van der Waals surface area contributed by atoms with Crippen molar-refractivity contribution in [2.24, 2.45) is 0 Å². The summed E-state index contributed by atoms with van der Waals surface area (Å²) in [6.45, 7) is 3.53. The fourth-order valence-electron chi connectivity index (χ4n) is 2.81. The highest BCUT2D eigenvalue weighted by Gasteiger charge is 2.32.